The van der Waals surface area contributed by atoms with Crippen molar-refractivity contribution in [3.05, 3.63) is 0 Å². The van der Waals surface area contributed by atoms with Crippen molar-refractivity contribution in [2.24, 2.45) is 0 Å². The Kier molecular flexibility index (Phi) is 3.06. The van der Waals surface area contributed by atoms with Crippen molar-refractivity contribution in [1.82, 2.24) is 5.32 Å². The summed E-state index contributed by atoms with van der Waals surface area (Å²) in [6, 6.07) is 0. The molecule has 2 unspecified atom stereocenters. The fourth-order valence-electron chi connectivity index (χ4n) is 2.12. The van der Waals surface area contributed by atoms with E-state index in [1.54, 1.807) is 7.11 Å². The molecule has 0 amide bonds. The van der Waals surface area contributed by atoms with Crippen LogP contribution in [0, 0.1) is 0 Å². The van der Waals surface area contributed by atoms with Crippen molar-refractivity contribution in [1.29, 1.82) is 0 Å². The van der Waals surface area contributed by atoms with E-state index in [1.807, 2.05) is 0 Å². The fourth-order valence-corrected chi connectivity index (χ4v) is 2.12. The zero-order chi connectivity index (χ0) is 9.53. The van der Waals surface area contributed by atoms with E-state index in [1.165, 1.54) is 0 Å². The number of ether oxygens (including phenoxy) is 2. The van der Waals surface area contributed by atoms with Crippen LogP contribution in [0.3, 0.4) is 0 Å². The van der Waals surface area contributed by atoms with E-state index in [9.17, 15) is 4.79 Å². The molecule has 6 heteroatoms. The summed E-state index contributed by atoms with van der Waals surface area (Å²) in [5.74, 6) is -0.879. The molecule has 2 bridgehead atoms. The van der Waals surface area contributed by atoms with Gasteiger partial charge in [0.15, 0.2) is 5.60 Å². The summed E-state index contributed by atoms with van der Waals surface area (Å²) >= 11 is 0. The molecule has 0 aliphatic carbocycles. The summed E-state index contributed by atoms with van der Waals surface area (Å²) in [4.78, 5) is 10.9. The second-order valence-corrected chi connectivity index (χ2v) is 3.83. The minimum atomic E-state index is -1.00. The van der Waals surface area contributed by atoms with Crippen molar-refractivity contribution < 1.29 is 19.4 Å². The molecule has 0 radical (unpaired) electrons. The number of nitrogens with one attached hydrogen (secondary N) is 1. The second kappa shape index (κ2) is 3.66. The number of carboxylic acid groups (broad SMARTS) is 1. The van der Waals surface area contributed by atoms with Gasteiger partial charge in [0, 0.05) is 20.1 Å². The summed E-state index contributed by atoms with van der Waals surface area (Å²) < 4.78 is 10.4. The van der Waals surface area contributed by atoms with Crippen molar-refractivity contribution in [2.45, 2.75) is 17.6 Å². The monoisotopic (exact) mass is 223 g/mol. The largest absolute Gasteiger partial charge is 0.479 e. The molecule has 2 aliphatic rings. The predicted octanol–water partition coefficient (Wildman–Crippen LogP) is -0.360. The summed E-state index contributed by atoms with van der Waals surface area (Å²) in [7, 11) is 1.61. The molecule has 2 atom stereocenters. The number of methoxy groups -OCH3 is 1. The van der Waals surface area contributed by atoms with Gasteiger partial charge in [-0.05, 0) is 0 Å². The molecule has 5 nitrogen and oxygen atoms in total. The first-order chi connectivity index (χ1) is 6.13. The van der Waals surface area contributed by atoms with E-state index in [-0.39, 0.29) is 17.9 Å². The number of rotatable bonds is 3. The molecule has 0 saturated carbocycles. The SMILES string of the molecule is COCC12COC(C(=O)O)(CN1)C2.Cl. The summed E-state index contributed by atoms with van der Waals surface area (Å²) in [6.07, 6.45) is 0.503. The first-order valence-electron chi connectivity index (χ1n) is 4.24. The molecule has 14 heavy (non-hydrogen) atoms. The maximum Gasteiger partial charge on any atom is 0.337 e. The van der Waals surface area contributed by atoms with Crippen molar-refractivity contribution in [3.8, 4) is 0 Å². The Morgan fingerprint density at radius 2 is 2.43 bits per heavy atom. The number of halogens is 1. The Morgan fingerprint density at radius 3 is 2.79 bits per heavy atom. The number of aliphatic carboxylic acids is 1. The molecule has 2 saturated heterocycles. The van der Waals surface area contributed by atoms with Gasteiger partial charge in [-0.1, -0.05) is 0 Å². The van der Waals surface area contributed by atoms with Gasteiger partial charge >= 0.3 is 5.97 Å². The summed E-state index contributed by atoms with van der Waals surface area (Å²) in [5, 5.41) is 12.1. The van der Waals surface area contributed by atoms with Gasteiger partial charge in [0.2, 0.25) is 0 Å². The van der Waals surface area contributed by atoms with Crippen LogP contribution in [0.15, 0.2) is 0 Å². The van der Waals surface area contributed by atoms with E-state index < -0.39 is 11.6 Å². The fraction of sp³-hybridized carbons (Fsp3) is 0.875. The number of fused-ring (bicyclic) bond motifs is 2. The van der Waals surface area contributed by atoms with Gasteiger partial charge in [0.25, 0.3) is 0 Å². The van der Waals surface area contributed by atoms with E-state index in [4.69, 9.17) is 14.6 Å². The highest BCUT2D eigenvalue weighted by molar-refractivity contribution is 5.85. The highest BCUT2D eigenvalue weighted by Gasteiger charge is 2.60. The average Bonchev–Trinajstić information content (AvgIpc) is 2.61. The van der Waals surface area contributed by atoms with Crippen molar-refractivity contribution in [2.75, 3.05) is 26.9 Å². The zero-order valence-electron chi connectivity index (χ0n) is 7.91. The van der Waals surface area contributed by atoms with E-state index in [0.717, 1.165) is 0 Å². The van der Waals surface area contributed by atoms with Crippen molar-refractivity contribution in [3.63, 3.8) is 0 Å². The normalized spacial score (nSPS) is 39.5. The van der Waals surface area contributed by atoms with Gasteiger partial charge < -0.3 is 19.9 Å². The van der Waals surface area contributed by atoms with E-state index in [2.05, 4.69) is 5.32 Å². The molecular weight excluding hydrogens is 210 g/mol. The zero-order valence-corrected chi connectivity index (χ0v) is 8.73. The second-order valence-electron chi connectivity index (χ2n) is 3.83. The molecule has 2 aliphatic heterocycles. The Balaban J connectivity index is 0.000000980. The highest BCUT2D eigenvalue weighted by Crippen LogP contribution is 2.39. The lowest BCUT2D eigenvalue weighted by molar-refractivity contribution is -0.160. The quantitative estimate of drug-likeness (QED) is 0.684. The van der Waals surface area contributed by atoms with Gasteiger partial charge in [-0.2, -0.15) is 0 Å². The van der Waals surface area contributed by atoms with Crippen LogP contribution in [0.4, 0.5) is 0 Å². The van der Waals surface area contributed by atoms with Crippen LogP contribution < -0.4 is 5.32 Å². The lowest BCUT2D eigenvalue weighted by Crippen LogP contribution is -2.51. The van der Waals surface area contributed by atoms with Crippen molar-refractivity contribution >= 4 is 18.4 Å². The van der Waals surface area contributed by atoms with E-state index >= 15 is 0 Å². The van der Waals surface area contributed by atoms with Crippen LogP contribution in [0.5, 0.6) is 0 Å². The molecule has 0 aromatic heterocycles. The minimum Gasteiger partial charge on any atom is -0.479 e. The standard InChI is InChI=1S/C8H13NO4.ClH/c1-12-4-7-2-8(3-9-7,6(10)11)13-5-7;/h9H,2-5H2,1H3,(H,10,11);1H. The molecule has 2 fully saturated rings. The van der Waals surface area contributed by atoms with Crippen LogP contribution in [0.1, 0.15) is 6.42 Å². The summed E-state index contributed by atoms with van der Waals surface area (Å²) in [5.41, 5.74) is -1.27. The lowest BCUT2D eigenvalue weighted by atomic mass is 9.95. The molecule has 0 aromatic carbocycles. The van der Waals surface area contributed by atoms with Gasteiger partial charge in [0.05, 0.1) is 18.8 Å². The maximum atomic E-state index is 10.9. The van der Waals surface area contributed by atoms with Crippen LogP contribution in [-0.4, -0.2) is 49.1 Å². The third kappa shape index (κ3) is 1.50. The number of carboxylic acids is 1. The highest BCUT2D eigenvalue weighted by atomic mass is 35.5. The molecule has 2 heterocycles. The van der Waals surface area contributed by atoms with E-state index in [0.29, 0.717) is 26.2 Å². The van der Waals surface area contributed by atoms with Crippen LogP contribution in [-0.2, 0) is 14.3 Å². The number of morpholine rings is 1. The summed E-state index contributed by atoms with van der Waals surface area (Å²) in [6.45, 7) is 1.31. The third-order valence-electron chi connectivity index (χ3n) is 2.81. The topological polar surface area (TPSA) is 67.8 Å². The van der Waals surface area contributed by atoms with Crippen LogP contribution in [0.25, 0.3) is 0 Å². The molecule has 82 valence electrons. The van der Waals surface area contributed by atoms with Crippen LogP contribution in [0.2, 0.25) is 0 Å². The Morgan fingerprint density at radius 1 is 1.71 bits per heavy atom. The predicted molar refractivity (Wildman–Crippen MR) is 50.8 cm³/mol. The Hall–Kier alpha value is -0.360. The number of hydrogen-bond donors (Lipinski definition) is 2. The van der Waals surface area contributed by atoms with Gasteiger partial charge in [0.1, 0.15) is 0 Å². The lowest BCUT2D eigenvalue weighted by Gasteiger charge is -2.27. The van der Waals surface area contributed by atoms with Crippen LogP contribution >= 0.6 is 12.4 Å². The Labute approximate surface area is 88.2 Å². The first-order valence-corrected chi connectivity index (χ1v) is 4.24. The molecule has 2 rings (SSSR count). The smallest absolute Gasteiger partial charge is 0.337 e. The van der Waals surface area contributed by atoms with Gasteiger partial charge in [-0.3, -0.25) is 0 Å². The average molecular weight is 224 g/mol. The number of hydrogen-bond acceptors (Lipinski definition) is 4. The minimum absolute atomic E-state index is 0. The maximum absolute atomic E-state index is 10.9. The molecule has 0 spiro atoms. The first kappa shape index (κ1) is 11.7. The third-order valence-corrected chi connectivity index (χ3v) is 2.81. The molecular formula is C8H14ClNO4. The molecule has 2 N–H and O–H groups in total. The molecule has 0 aromatic rings. The number of carbonyl (C=O) groups is 1. The van der Waals surface area contributed by atoms with Gasteiger partial charge in [-0.25, -0.2) is 4.79 Å². The van der Waals surface area contributed by atoms with Gasteiger partial charge in [-0.15, -0.1) is 12.4 Å². The Bertz CT molecular complexity index is 237.